The molecule has 1 aromatic rings. The second kappa shape index (κ2) is 5.09. The summed E-state index contributed by atoms with van der Waals surface area (Å²) in [6.45, 7) is 4.17. The molecule has 2 N–H and O–H groups in total. The zero-order valence-electron chi connectivity index (χ0n) is 8.85. The number of rotatable bonds is 2. The van der Waals surface area contributed by atoms with Gasteiger partial charge in [-0.15, -0.1) is 0 Å². The van der Waals surface area contributed by atoms with Crippen LogP contribution >= 0.6 is 0 Å². The van der Waals surface area contributed by atoms with Crippen LogP contribution in [-0.4, -0.2) is 31.3 Å². The molecule has 0 unspecified atom stereocenters. The van der Waals surface area contributed by atoms with Crippen LogP contribution in [0.5, 0.6) is 0 Å². The minimum Gasteiger partial charge on any atom is -0.380 e. The molecule has 0 spiro atoms. The molecule has 1 aliphatic heterocycles. The summed E-state index contributed by atoms with van der Waals surface area (Å²) >= 11 is 0. The third-order valence-corrected chi connectivity index (χ3v) is 2.60. The van der Waals surface area contributed by atoms with Crippen molar-refractivity contribution in [2.75, 3.05) is 31.2 Å². The maximum Gasteiger partial charge on any atom is 0.0641 e. The highest BCUT2D eigenvalue weighted by atomic mass is 16.5. The Hall–Kier alpha value is -1.13. The van der Waals surface area contributed by atoms with Gasteiger partial charge in [-0.05, 0) is 18.6 Å². The Morgan fingerprint density at radius 3 is 3.20 bits per heavy atom. The van der Waals surface area contributed by atoms with Crippen molar-refractivity contribution in [1.82, 2.24) is 4.98 Å². The Bertz CT molecular complexity index is 308. The summed E-state index contributed by atoms with van der Waals surface area (Å²) in [5, 5.41) is 0. The summed E-state index contributed by atoms with van der Waals surface area (Å²) in [7, 11) is 0. The lowest BCUT2D eigenvalue weighted by atomic mass is 10.2. The molecule has 0 saturated carbocycles. The normalized spacial score (nSPS) is 17.5. The van der Waals surface area contributed by atoms with Gasteiger partial charge in [-0.25, -0.2) is 0 Å². The zero-order valence-corrected chi connectivity index (χ0v) is 8.85. The van der Waals surface area contributed by atoms with Crippen molar-refractivity contribution in [3.63, 3.8) is 0 Å². The van der Waals surface area contributed by atoms with Crippen LogP contribution in [0.2, 0.25) is 0 Å². The molecule has 2 rings (SSSR count). The Morgan fingerprint density at radius 2 is 2.33 bits per heavy atom. The Kier molecular flexibility index (Phi) is 3.53. The lowest BCUT2D eigenvalue weighted by Crippen LogP contribution is -2.26. The second-order valence-electron chi connectivity index (χ2n) is 3.66. The number of hydrogen-bond donors (Lipinski definition) is 1. The van der Waals surface area contributed by atoms with Gasteiger partial charge in [0.05, 0.1) is 12.3 Å². The fourth-order valence-electron chi connectivity index (χ4n) is 1.78. The molecule has 1 aromatic heterocycles. The molecule has 2 heterocycles. The summed E-state index contributed by atoms with van der Waals surface area (Å²) in [5.41, 5.74) is 7.72. The summed E-state index contributed by atoms with van der Waals surface area (Å²) in [5.74, 6) is 0. The molecule has 1 fully saturated rings. The van der Waals surface area contributed by atoms with Crippen LogP contribution in [0.25, 0.3) is 0 Å². The molecule has 15 heavy (non-hydrogen) atoms. The molecule has 1 saturated heterocycles. The average Bonchev–Trinajstić information content (AvgIpc) is 2.58. The first kappa shape index (κ1) is 10.4. The number of nitrogens with two attached hydrogens (primary N) is 1. The van der Waals surface area contributed by atoms with E-state index >= 15 is 0 Å². The van der Waals surface area contributed by atoms with E-state index in [9.17, 15) is 0 Å². The molecule has 4 nitrogen and oxygen atoms in total. The molecule has 0 atom stereocenters. The monoisotopic (exact) mass is 207 g/mol. The van der Waals surface area contributed by atoms with E-state index in [1.807, 2.05) is 12.3 Å². The Morgan fingerprint density at radius 1 is 1.40 bits per heavy atom. The van der Waals surface area contributed by atoms with E-state index in [0.29, 0.717) is 6.54 Å². The van der Waals surface area contributed by atoms with Crippen molar-refractivity contribution in [3.8, 4) is 0 Å². The zero-order chi connectivity index (χ0) is 10.5. The molecule has 0 bridgehead atoms. The average molecular weight is 207 g/mol. The third kappa shape index (κ3) is 2.67. The fourth-order valence-corrected chi connectivity index (χ4v) is 1.78. The van der Waals surface area contributed by atoms with E-state index in [1.165, 1.54) is 5.69 Å². The third-order valence-electron chi connectivity index (χ3n) is 2.60. The van der Waals surface area contributed by atoms with Gasteiger partial charge in [0.15, 0.2) is 0 Å². The highest BCUT2D eigenvalue weighted by molar-refractivity contribution is 5.46. The van der Waals surface area contributed by atoms with Gasteiger partial charge in [-0.3, -0.25) is 4.98 Å². The number of pyridine rings is 1. The Balaban J connectivity index is 2.12. The predicted molar refractivity (Wildman–Crippen MR) is 59.8 cm³/mol. The number of nitrogens with zero attached hydrogens (tertiary/aromatic N) is 2. The molecule has 4 heteroatoms. The predicted octanol–water partition coefficient (Wildman–Crippen LogP) is 0.767. The number of ether oxygens (including phenoxy) is 1. The summed E-state index contributed by atoms with van der Waals surface area (Å²) in [4.78, 5) is 6.52. The van der Waals surface area contributed by atoms with Gasteiger partial charge in [-0.2, -0.15) is 0 Å². The van der Waals surface area contributed by atoms with Crippen molar-refractivity contribution >= 4 is 5.69 Å². The van der Waals surface area contributed by atoms with Gasteiger partial charge in [0, 0.05) is 38.1 Å². The van der Waals surface area contributed by atoms with Gasteiger partial charge in [-0.1, -0.05) is 0 Å². The molecule has 0 amide bonds. The molecule has 1 aliphatic rings. The van der Waals surface area contributed by atoms with Crippen molar-refractivity contribution in [3.05, 3.63) is 24.0 Å². The van der Waals surface area contributed by atoms with E-state index < -0.39 is 0 Å². The van der Waals surface area contributed by atoms with Gasteiger partial charge in [0.1, 0.15) is 0 Å². The van der Waals surface area contributed by atoms with Crippen LogP contribution in [0, 0.1) is 0 Å². The topological polar surface area (TPSA) is 51.4 Å². The van der Waals surface area contributed by atoms with Crippen LogP contribution in [-0.2, 0) is 11.3 Å². The van der Waals surface area contributed by atoms with Crippen molar-refractivity contribution in [2.45, 2.75) is 13.0 Å². The second-order valence-corrected chi connectivity index (χ2v) is 3.66. The van der Waals surface area contributed by atoms with Crippen LogP contribution in [0.3, 0.4) is 0 Å². The lowest BCUT2D eigenvalue weighted by molar-refractivity contribution is 0.152. The quantitative estimate of drug-likeness (QED) is 0.778. The molecule has 82 valence electrons. The first-order valence-electron chi connectivity index (χ1n) is 5.38. The van der Waals surface area contributed by atoms with Crippen LogP contribution in [0.15, 0.2) is 18.3 Å². The van der Waals surface area contributed by atoms with Gasteiger partial charge < -0.3 is 15.4 Å². The van der Waals surface area contributed by atoms with E-state index in [1.54, 1.807) is 0 Å². The van der Waals surface area contributed by atoms with Crippen LogP contribution < -0.4 is 10.6 Å². The first-order chi connectivity index (χ1) is 7.40. The van der Waals surface area contributed by atoms with Gasteiger partial charge >= 0.3 is 0 Å². The summed E-state index contributed by atoms with van der Waals surface area (Å²) in [6.07, 6.45) is 2.91. The van der Waals surface area contributed by atoms with Gasteiger partial charge in [0.25, 0.3) is 0 Å². The maximum atomic E-state index is 5.57. The minimum atomic E-state index is 0.498. The maximum absolute atomic E-state index is 5.57. The number of aromatic nitrogens is 1. The number of anilines is 1. The summed E-state index contributed by atoms with van der Waals surface area (Å²) in [6, 6.07) is 4.09. The SMILES string of the molecule is NCc1cc(N2CCCOCC2)ccn1. The van der Waals surface area contributed by atoms with Crippen molar-refractivity contribution in [2.24, 2.45) is 5.73 Å². The van der Waals surface area contributed by atoms with Crippen molar-refractivity contribution < 1.29 is 4.74 Å². The lowest BCUT2D eigenvalue weighted by Gasteiger charge is -2.22. The standard InChI is InChI=1S/C11H17N3O/c12-9-10-8-11(2-3-13-10)14-4-1-6-15-7-5-14/h2-3,8H,1,4-7,9,12H2. The smallest absolute Gasteiger partial charge is 0.0641 e. The largest absolute Gasteiger partial charge is 0.380 e. The first-order valence-corrected chi connectivity index (χ1v) is 5.38. The Labute approximate surface area is 90.0 Å². The molecule has 0 radical (unpaired) electrons. The molecular weight excluding hydrogens is 190 g/mol. The van der Waals surface area contributed by atoms with E-state index in [4.69, 9.17) is 10.5 Å². The van der Waals surface area contributed by atoms with E-state index in [0.717, 1.165) is 38.4 Å². The highest BCUT2D eigenvalue weighted by Gasteiger charge is 2.10. The summed E-state index contributed by atoms with van der Waals surface area (Å²) < 4.78 is 5.42. The minimum absolute atomic E-state index is 0.498. The van der Waals surface area contributed by atoms with Crippen LogP contribution in [0.4, 0.5) is 5.69 Å². The van der Waals surface area contributed by atoms with Gasteiger partial charge in [0.2, 0.25) is 0 Å². The highest BCUT2D eigenvalue weighted by Crippen LogP contribution is 2.15. The van der Waals surface area contributed by atoms with Crippen molar-refractivity contribution in [1.29, 1.82) is 0 Å². The molecule has 0 aromatic carbocycles. The number of hydrogen-bond acceptors (Lipinski definition) is 4. The molecular formula is C11H17N3O. The van der Waals surface area contributed by atoms with Crippen LogP contribution in [0.1, 0.15) is 12.1 Å². The molecule has 0 aliphatic carbocycles. The van der Waals surface area contributed by atoms with E-state index in [-0.39, 0.29) is 0 Å². The van der Waals surface area contributed by atoms with E-state index in [2.05, 4.69) is 16.0 Å². The fraction of sp³-hybridized carbons (Fsp3) is 0.545.